The Morgan fingerprint density at radius 3 is 2.19 bits per heavy atom. The Morgan fingerprint density at radius 2 is 1.68 bits per heavy atom. The molecule has 1 aromatic carbocycles. The van der Waals surface area contributed by atoms with E-state index in [0.29, 0.717) is 43.2 Å². The predicted molar refractivity (Wildman–Crippen MR) is 143 cm³/mol. The van der Waals surface area contributed by atoms with Crippen LogP contribution in [-0.2, 0) is 32.5 Å². The van der Waals surface area contributed by atoms with Crippen molar-refractivity contribution in [1.82, 2.24) is 9.21 Å². The first-order valence-corrected chi connectivity index (χ1v) is 14.5. The van der Waals surface area contributed by atoms with Crippen molar-refractivity contribution >= 4 is 44.1 Å². The number of benzene rings is 1. The molecule has 202 valence electrons. The minimum absolute atomic E-state index is 0.0559. The fourth-order valence-electron chi connectivity index (χ4n) is 4.27. The lowest BCUT2D eigenvalue weighted by Crippen LogP contribution is -2.37. The van der Waals surface area contributed by atoms with E-state index in [1.54, 1.807) is 4.90 Å². The highest BCUT2D eigenvalue weighted by molar-refractivity contribution is 7.89. The van der Waals surface area contributed by atoms with E-state index in [0.717, 1.165) is 10.4 Å². The third-order valence-electron chi connectivity index (χ3n) is 6.01. The summed E-state index contributed by atoms with van der Waals surface area (Å²) in [4.78, 5) is 40.1. The fraction of sp³-hybridized carbons (Fsp3) is 0.500. The predicted octanol–water partition coefficient (Wildman–Crippen LogP) is 3.99. The van der Waals surface area contributed by atoms with Gasteiger partial charge >= 0.3 is 5.97 Å². The second kappa shape index (κ2) is 11.7. The molecule has 0 aliphatic carbocycles. The monoisotopic (exact) mass is 549 g/mol. The standard InChI is InChI=1S/C26H35N3O6S2/c1-16(2)13-29(14-17(3)4)37(33,34)20-9-7-19(8-10-20)24(31)27-25-23(26(32)35-6)21-11-12-28(18(5)30)15-22(21)36-25/h7-10,16-17H,11-15H2,1-6H3,(H,27,31). The molecule has 0 unspecified atom stereocenters. The Bertz CT molecular complexity index is 1260. The Hall–Kier alpha value is -2.76. The summed E-state index contributed by atoms with van der Waals surface area (Å²) in [6.07, 6.45) is 0.488. The van der Waals surface area contributed by atoms with Gasteiger partial charge < -0.3 is 15.0 Å². The number of esters is 1. The summed E-state index contributed by atoms with van der Waals surface area (Å²) in [7, 11) is -2.44. The lowest BCUT2D eigenvalue weighted by Gasteiger charge is -2.25. The average molecular weight is 550 g/mol. The van der Waals surface area contributed by atoms with Crippen molar-refractivity contribution in [2.24, 2.45) is 11.8 Å². The van der Waals surface area contributed by atoms with Gasteiger partial charge in [-0.15, -0.1) is 11.3 Å². The van der Waals surface area contributed by atoms with Crippen LogP contribution < -0.4 is 5.32 Å². The van der Waals surface area contributed by atoms with E-state index in [1.165, 1.54) is 53.9 Å². The molecule has 1 aromatic heterocycles. The molecule has 1 N–H and O–H groups in total. The Kier molecular flexibility index (Phi) is 9.14. The highest BCUT2D eigenvalue weighted by atomic mass is 32.2. The van der Waals surface area contributed by atoms with Crippen LogP contribution in [0, 0.1) is 11.8 Å². The molecule has 0 saturated carbocycles. The molecule has 0 bridgehead atoms. The zero-order valence-corrected chi connectivity index (χ0v) is 23.8. The zero-order chi connectivity index (χ0) is 27.5. The second-order valence-corrected chi connectivity index (χ2v) is 13.0. The van der Waals surface area contributed by atoms with E-state index in [1.807, 2.05) is 27.7 Å². The van der Waals surface area contributed by atoms with Crippen LogP contribution in [0.4, 0.5) is 5.00 Å². The molecule has 0 radical (unpaired) electrons. The number of amides is 2. The number of anilines is 1. The number of nitrogens with zero attached hydrogens (tertiary/aromatic N) is 2. The number of thiophene rings is 1. The largest absolute Gasteiger partial charge is 0.465 e. The third kappa shape index (κ3) is 6.58. The number of methoxy groups -OCH3 is 1. The molecule has 3 rings (SSSR count). The van der Waals surface area contributed by atoms with Crippen molar-refractivity contribution in [3.05, 3.63) is 45.8 Å². The van der Waals surface area contributed by atoms with E-state index >= 15 is 0 Å². The van der Waals surface area contributed by atoms with E-state index in [-0.39, 0.29) is 28.2 Å². The summed E-state index contributed by atoms with van der Waals surface area (Å²) in [5.74, 6) is -0.749. The van der Waals surface area contributed by atoms with Crippen LogP contribution in [0.1, 0.15) is 65.8 Å². The molecule has 0 saturated heterocycles. The molecular weight excluding hydrogens is 514 g/mol. The first-order valence-electron chi connectivity index (χ1n) is 12.2. The molecule has 9 nitrogen and oxygen atoms in total. The van der Waals surface area contributed by atoms with Crippen LogP contribution in [0.5, 0.6) is 0 Å². The number of fused-ring (bicyclic) bond motifs is 1. The third-order valence-corrected chi connectivity index (χ3v) is 8.99. The molecule has 37 heavy (non-hydrogen) atoms. The van der Waals surface area contributed by atoms with Gasteiger partial charge in [-0.2, -0.15) is 4.31 Å². The van der Waals surface area contributed by atoms with Gasteiger partial charge in [0.1, 0.15) is 5.00 Å². The maximum Gasteiger partial charge on any atom is 0.341 e. The molecule has 11 heteroatoms. The second-order valence-electron chi connectivity index (χ2n) is 9.98. The van der Waals surface area contributed by atoms with Crippen molar-refractivity contribution in [2.45, 2.75) is 52.5 Å². The number of hydrogen-bond donors (Lipinski definition) is 1. The van der Waals surface area contributed by atoms with Crippen molar-refractivity contribution in [1.29, 1.82) is 0 Å². The van der Waals surface area contributed by atoms with Gasteiger partial charge in [0.2, 0.25) is 15.9 Å². The smallest absolute Gasteiger partial charge is 0.341 e. The molecule has 0 atom stereocenters. The van der Waals surface area contributed by atoms with Gasteiger partial charge in [-0.1, -0.05) is 27.7 Å². The lowest BCUT2D eigenvalue weighted by atomic mass is 10.0. The summed E-state index contributed by atoms with van der Waals surface area (Å²) in [5, 5.41) is 3.14. The Morgan fingerprint density at radius 1 is 1.08 bits per heavy atom. The molecule has 1 aliphatic rings. The van der Waals surface area contributed by atoms with Crippen LogP contribution in [0.15, 0.2) is 29.2 Å². The Balaban J connectivity index is 1.85. The summed E-state index contributed by atoms with van der Waals surface area (Å²) in [6, 6.07) is 5.80. The average Bonchev–Trinajstić information content (AvgIpc) is 3.19. The highest BCUT2D eigenvalue weighted by Gasteiger charge is 2.30. The molecule has 0 fully saturated rings. The number of carbonyl (C=O) groups excluding carboxylic acids is 3. The van der Waals surface area contributed by atoms with Gasteiger partial charge in [-0.25, -0.2) is 13.2 Å². The minimum Gasteiger partial charge on any atom is -0.465 e. The van der Waals surface area contributed by atoms with Gasteiger partial charge in [0.05, 0.1) is 24.1 Å². The quantitative estimate of drug-likeness (QED) is 0.473. The van der Waals surface area contributed by atoms with Gasteiger partial charge in [-0.3, -0.25) is 9.59 Å². The van der Waals surface area contributed by atoms with Crippen molar-refractivity contribution in [3.63, 3.8) is 0 Å². The number of carbonyl (C=O) groups is 3. The van der Waals surface area contributed by atoms with E-state index in [2.05, 4.69) is 5.32 Å². The number of sulfonamides is 1. The minimum atomic E-state index is -3.72. The molecule has 0 spiro atoms. The number of hydrogen-bond acceptors (Lipinski definition) is 7. The van der Waals surface area contributed by atoms with Gasteiger partial charge in [0.15, 0.2) is 0 Å². The summed E-state index contributed by atoms with van der Waals surface area (Å²) in [6.45, 7) is 11.0. The molecule has 2 amide bonds. The van der Waals surface area contributed by atoms with Gasteiger partial charge in [0.25, 0.3) is 5.91 Å². The molecular formula is C26H35N3O6S2. The fourth-order valence-corrected chi connectivity index (χ4v) is 7.28. The summed E-state index contributed by atoms with van der Waals surface area (Å²) < 4.78 is 33.0. The number of ether oxygens (including phenoxy) is 1. The SMILES string of the molecule is COC(=O)c1c(NC(=O)c2ccc(S(=O)(=O)N(CC(C)C)CC(C)C)cc2)sc2c1CCN(C(C)=O)C2. The lowest BCUT2D eigenvalue weighted by molar-refractivity contribution is -0.129. The summed E-state index contributed by atoms with van der Waals surface area (Å²) >= 11 is 1.24. The number of nitrogens with one attached hydrogen (secondary N) is 1. The van der Waals surface area contributed by atoms with Crippen LogP contribution in [0.25, 0.3) is 0 Å². The van der Waals surface area contributed by atoms with E-state index in [9.17, 15) is 22.8 Å². The van der Waals surface area contributed by atoms with Crippen molar-refractivity contribution < 1.29 is 27.5 Å². The number of rotatable bonds is 9. The topological polar surface area (TPSA) is 113 Å². The maximum atomic E-state index is 13.3. The summed E-state index contributed by atoms with van der Waals surface area (Å²) in [5.41, 5.74) is 1.34. The molecule has 1 aliphatic heterocycles. The zero-order valence-electron chi connectivity index (χ0n) is 22.2. The molecule has 2 aromatic rings. The first-order chi connectivity index (χ1) is 17.3. The van der Waals surface area contributed by atoms with Gasteiger partial charge in [-0.05, 0) is 48.1 Å². The van der Waals surface area contributed by atoms with Crippen LogP contribution in [0.2, 0.25) is 0 Å². The van der Waals surface area contributed by atoms with E-state index < -0.39 is 21.9 Å². The first kappa shape index (κ1) is 28.8. The molecule has 2 heterocycles. The Labute approximate surface area is 222 Å². The van der Waals surface area contributed by atoms with Crippen LogP contribution in [-0.4, -0.2) is 62.2 Å². The van der Waals surface area contributed by atoms with Crippen LogP contribution in [0.3, 0.4) is 0 Å². The normalized spacial score (nSPS) is 13.7. The van der Waals surface area contributed by atoms with Crippen molar-refractivity contribution in [2.75, 3.05) is 32.1 Å². The maximum absolute atomic E-state index is 13.3. The van der Waals surface area contributed by atoms with Gasteiger partial charge in [0, 0.05) is 37.0 Å². The highest BCUT2D eigenvalue weighted by Crippen LogP contribution is 2.38. The van der Waals surface area contributed by atoms with Crippen LogP contribution >= 0.6 is 11.3 Å². The van der Waals surface area contributed by atoms with E-state index in [4.69, 9.17) is 4.74 Å². The van der Waals surface area contributed by atoms with Crippen molar-refractivity contribution in [3.8, 4) is 0 Å².